The summed E-state index contributed by atoms with van der Waals surface area (Å²) < 4.78 is 0. The maximum atomic E-state index is 12.9. The molecule has 0 unspecified atom stereocenters. The van der Waals surface area contributed by atoms with E-state index in [0.29, 0.717) is 26.1 Å². The van der Waals surface area contributed by atoms with E-state index in [1.54, 1.807) is 4.90 Å². The van der Waals surface area contributed by atoms with Gasteiger partial charge in [-0.15, -0.1) is 0 Å². The molecule has 0 spiro atoms. The Balaban J connectivity index is 2.02. The molecule has 6 nitrogen and oxygen atoms in total. The van der Waals surface area contributed by atoms with Crippen molar-refractivity contribution in [2.24, 2.45) is 0 Å². The number of anilines is 1. The van der Waals surface area contributed by atoms with Crippen molar-refractivity contribution in [1.82, 2.24) is 9.80 Å². The standard InChI is InChI=1S/C19H28N4O2/c1-16-12-17(2)14-18(13-16)23(5-3-4-20)19(25)15-22-8-6-21(7-9-22)10-11-24/h12-14,24H,3,5-11,15H2,1-2H3. The van der Waals surface area contributed by atoms with Crippen LogP contribution in [0.15, 0.2) is 18.2 Å². The van der Waals surface area contributed by atoms with Crippen LogP contribution in [0.3, 0.4) is 0 Å². The maximum Gasteiger partial charge on any atom is 0.241 e. The van der Waals surface area contributed by atoms with Crippen LogP contribution in [0.5, 0.6) is 0 Å². The molecule has 0 atom stereocenters. The van der Waals surface area contributed by atoms with E-state index < -0.39 is 0 Å². The van der Waals surface area contributed by atoms with Gasteiger partial charge in [-0.05, 0) is 37.1 Å². The molecule has 1 aromatic rings. The van der Waals surface area contributed by atoms with Crippen molar-refractivity contribution in [2.45, 2.75) is 20.3 Å². The van der Waals surface area contributed by atoms with E-state index in [4.69, 9.17) is 10.4 Å². The quantitative estimate of drug-likeness (QED) is 0.804. The van der Waals surface area contributed by atoms with Crippen LogP contribution in [-0.2, 0) is 4.79 Å². The molecule has 1 N–H and O–H groups in total. The Morgan fingerprint density at radius 1 is 1.16 bits per heavy atom. The molecule has 1 amide bonds. The second-order valence-corrected chi connectivity index (χ2v) is 6.64. The van der Waals surface area contributed by atoms with Gasteiger partial charge in [0.25, 0.3) is 0 Å². The van der Waals surface area contributed by atoms with E-state index >= 15 is 0 Å². The average Bonchev–Trinajstić information content (AvgIpc) is 2.56. The van der Waals surface area contributed by atoms with E-state index in [1.807, 2.05) is 26.0 Å². The molecule has 136 valence electrons. The number of hydrogen-bond acceptors (Lipinski definition) is 5. The van der Waals surface area contributed by atoms with E-state index in [-0.39, 0.29) is 12.5 Å². The SMILES string of the molecule is Cc1cc(C)cc(N(CCC#N)C(=O)CN2CCN(CCO)CC2)c1. The summed E-state index contributed by atoms with van der Waals surface area (Å²) in [5, 5.41) is 17.9. The molecule has 0 bridgehead atoms. The first-order chi connectivity index (χ1) is 12.0. The Morgan fingerprint density at radius 3 is 2.32 bits per heavy atom. The number of β-amino-alcohol motifs (C(OH)–C–C–N with tert-alkyl or cyclic N) is 1. The van der Waals surface area contributed by atoms with Crippen molar-refractivity contribution in [3.8, 4) is 6.07 Å². The fourth-order valence-electron chi connectivity index (χ4n) is 3.26. The zero-order chi connectivity index (χ0) is 18.2. The summed E-state index contributed by atoms with van der Waals surface area (Å²) in [5.74, 6) is 0.0378. The number of rotatable bonds is 7. The zero-order valence-corrected chi connectivity index (χ0v) is 15.2. The summed E-state index contributed by atoms with van der Waals surface area (Å²) in [6.07, 6.45) is 0.322. The highest BCUT2D eigenvalue weighted by molar-refractivity contribution is 5.95. The van der Waals surface area contributed by atoms with Crippen LogP contribution >= 0.6 is 0 Å². The minimum Gasteiger partial charge on any atom is -0.395 e. The molecule has 1 aliphatic rings. The summed E-state index contributed by atoms with van der Waals surface area (Å²) in [7, 11) is 0. The molecule has 1 aliphatic heterocycles. The molecule has 0 saturated carbocycles. The Labute approximate surface area is 150 Å². The predicted molar refractivity (Wildman–Crippen MR) is 98.5 cm³/mol. The fourth-order valence-corrected chi connectivity index (χ4v) is 3.26. The van der Waals surface area contributed by atoms with Gasteiger partial charge >= 0.3 is 0 Å². The summed E-state index contributed by atoms with van der Waals surface area (Å²) in [6, 6.07) is 8.22. The number of nitrogens with zero attached hydrogens (tertiary/aromatic N) is 4. The molecule has 2 rings (SSSR count). The third-order valence-electron chi connectivity index (χ3n) is 4.51. The highest BCUT2D eigenvalue weighted by atomic mass is 16.3. The van der Waals surface area contributed by atoms with Crippen LogP contribution < -0.4 is 4.90 Å². The Hall–Kier alpha value is -1.94. The molecular weight excluding hydrogens is 316 g/mol. The van der Waals surface area contributed by atoms with Crippen LogP contribution in [-0.4, -0.2) is 73.2 Å². The molecule has 1 heterocycles. The van der Waals surface area contributed by atoms with Crippen molar-refractivity contribution in [3.63, 3.8) is 0 Å². The predicted octanol–water partition coefficient (Wildman–Crippen LogP) is 1.16. The van der Waals surface area contributed by atoms with Crippen LogP contribution in [0.1, 0.15) is 17.5 Å². The van der Waals surface area contributed by atoms with Crippen LogP contribution in [0.2, 0.25) is 0 Å². The first-order valence-corrected chi connectivity index (χ1v) is 8.84. The molecule has 0 aromatic heterocycles. The second-order valence-electron chi connectivity index (χ2n) is 6.64. The van der Waals surface area contributed by atoms with Gasteiger partial charge in [0.15, 0.2) is 0 Å². The first kappa shape index (κ1) is 19.4. The Bertz CT molecular complexity index is 598. The minimum atomic E-state index is 0.0378. The van der Waals surface area contributed by atoms with Gasteiger partial charge in [0.2, 0.25) is 5.91 Å². The van der Waals surface area contributed by atoms with E-state index in [1.165, 1.54) is 0 Å². The fraction of sp³-hybridized carbons (Fsp3) is 0.579. The Kier molecular flexibility index (Phi) is 7.38. The van der Waals surface area contributed by atoms with Gasteiger partial charge in [0.1, 0.15) is 0 Å². The number of aryl methyl sites for hydroxylation is 2. The zero-order valence-electron chi connectivity index (χ0n) is 15.2. The number of piperazine rings is 1. The lowest BCUT2D eigenvalue weighted by molar-refractivity contribution is -0.120. The number of nitriles is 1. The summed E-state index contributed by atoms with van der Waals surface area (Å²) in [5.41, 5.74) is 3.10. The van der Waals surface area contributed by atoms with Crippen molar-refractivity contribution < 1.29 is 9.90 Å². The van der Waals surface area contributed by atoms with E-state index in [9.17, 15) is 4.79 Å². The van der Waals surface area contributed by atoms with Crippen molar-refractivity contribution in [1.29, 1.82) is 5.26 Å². The molecule has 25 heavy (non-hydrogen) atoms. The molecule has 1 saturated heterocycles. The van der Waals surface area contributed by atoms with Gasteiger partial charge in [-0.1, -0.05) is 6.07 Å². The normalized spacial score (nSPS) is 15.8. The van der Waals surface area contributed by atoms with Crippen LogP contribution in [0, 0.1) is 25.2 Å². The number of carbonyl (C=O) groups is 1. The summed E-state index contributed by atoms with van der Waals surface area (Å²) in [4.78, 5) is 19.0. The van der Waals surface area contributed by atoms with Crippen molar-refractivity contribution in [2.75, 3.05) is 57.3 Å². The van der Waals surface area contributed by atoms with E-state index in [2.05, 4.69) is 21.9 Å². The largest absolute Gasteiger partial charge is 0.395 e. The highest BCUT2D eigenvalue weighted by Gasteiger charge is 2.22. The van der Waals surface area contributed by atoms with Gasteiger partial charge in [-0.2, -0.15) is 5.26 Å². The maximum absolute atomic E-state index is 12.9. The number of carbonyl (C=O) groups excluding carboxylic acids is 1. The number of amides is 1. The first-order valence-electron chi connectivity index (χ1n) is 8.84. The van der Waals surface area contributed by atoms with Crippen LogP contribution in [0.4, 0.5) is 5.69 Å². The topological polar surface area (TPSA) is 70.8 Å². The molecule has 1 fully saturated rings. The van der Waals surface area contributed by atoms with Gasteiger partial charge in [0, 0.05) is 45.0 Å². The third-order valence-corrected chi connectivity index (χ3v) is 4.51. The highest BCUT2D eigenvalue weighted by Crippen LogP contribution is 2.20. The number of aliphatic hydroxyl groups excluding tert-OH is 1. The van der Waals surface area contributed by atoms with Gasteiger partial charge < -0.3 is 10.0 Å². The second kappa shape index (κ2) is 9.52. The smallest absolute Gasteiger partial charge is 0.241 e. The molecule has 0 radical (unpaired) electrons. The summed E-state index contributed by atoms with van der Waals surface area (Å²) in [6.45, 7) is 9.08. The third kappa shape index (κ3) is 5.82. The Morgan fingerprint density at radius 2 is 1.76 bits per heavy atom. The molecular formula is C19H28N4O2. The minimum absolute atomic E-state index is 0.0378. The van der Waals surface area contributed by atoms with Gasteiger partial charge in [-0.3, -0.25) is 14.6 Å². The lowest BCUT2D eigenvalue weighted by Crippen LogP contribution is -2.50. The monoisotopic (exact) mass is 344 g/mol. The average molecular weight is 344 g/mol. The number of aliphatic hydroxyl groups is 1. The summed E-state index contributed by atoms with van der Waals surface area (Å²) >= 11 is 0. The van der Waals surface area contributed by atoms with Crippen molar-refractivity contribution >= 4 is 11.6 Å². The van der Waals surface area contributed by atoms with E-state index in [0.717, 1.165) is 43.0 Å². The molecule has 6 heteroatoms. The molecule has 1 aromatic carbocycles. The number of hydrogen-bond donors (Lipinski definition) is 1. The van der Waals surface area contributed by atoms with Crippen LogP contribution in [0.25, 0.3) is 0 Å². The lowest BCUT2D eigenvalue weighted by Gasteiger charge is -2.35. The van der Waals surface area contributed by atoms with Gasteiger partial charge in [0.05, 0.1) is 25.6 Å². The van der Waals surface area contributed by atoms with Gasteiger partial charge in [-0.25, -0.2) is 0 Å². The number of benzene rings is 1. The lowest BCUT2D eigenvalue weighted by atomic mass is 10.1. The molecule has 0 aliphatic carbocycles. The van der Waals surface area contributed by atoms with Crippen molar-refractivity contribution in [3.05, 3.63) is 29.3 Å².